The van der Waals surface area contributed by atoms with E-state index in [-0.39, 0.29) is 51.3 Å². The van der Waals surface area contributed by atoms with E-state index >= 15 is 0 Å². The zero-order valence-electron chi connectivity index (χ0n) is 18.5. The van der Waals surface area contributed by atoms with E-state index in [1.807, 2.05) is 13.0 Å². The second-order valence-corrected chi connectivity index (χ2v) is 8.88. The van der Waals surface area contributed by atoms with Crippen LogP contribution in [0.2, 0.25) is 0 Å². The van der Waals surface area contributed by atoms with E-state index in [1.54, 1.807) is 0 Å². The summed E-state index contributed by atoms with van der Waals surface area (Å²) in [5.74, 6) is -0.380. The van der Waals surface area contributed by atoms with Crippen molar-refractivity contribution in [3.8, 4) is 6.07 Å². The van der Waals surface area contributed by atoms with Crippen LogP contribution >= 0.6 is 11.8 Å². The highest BCUT2D eigenvalue weighted by Gasteiger charge is 2.32. The number of anilines is 4. The van der Waals surface area contributed by atoms with E-state index in [1.165, 1.54) is 15.5 Å². The number of unbranched alkanes of at least 4 members (excludes halogenated alkanes) is 1. The van der Waals surface area contributed by atoms with Gasteiger partial charge in [-0.1, -0.05) is 37.9 Å². The topological polar surface area (TPSA) is 190 Å². The van der Waals surface area contributed by atoms with Gasteiger partial charge in [0.2, 0.25) is 5.91 Å². The lowest BCUT2D eigenvalue weighted by Gasteiger charge is -2.30. The fraction of sp³-hybridized carbons (Fsp3) is 0.476. The van der Waals surface area contributed by atoms with Gasteiger partial charge in [0.25, 0.3) is 5.56 Å². The van der Waals surface area contributed by atoms with Crippen LogP contribution in [0.3, 0.4) is 0 Å². The minimum Gasteiger partial charge on any atom is -0.397 e. The zero-order valence-corrected chi connectivity index (χ0v) is 19.3. The summed E-state index contributed by atoms with van der Waals surface area (Å²) in [6, 6.07) is 3.15. The first kappa shape index (κ1) is 24.2. The first-order valence-electron chi connectivity index (χ1n) is 10.8. The number of hydrogen-bond acceptors (Lipinski definition) is 9. The van der Waals surface area contributed by atoms with Crippen molar-refractivity contribution in [2.75, 3.05) is 27.9 Å². The predicted octanol–water partition coefficient (Wildman–Crippen LogP) is 1.42. The lowest BCUT2D eigenvalue weighted by Crippen LogP contribution is -2.46. The molecule has 1 aliphatic rings. The van der Waals surface area contributed by atoms with Crippen LogP contribution in [0.1, 0.15) is 51.0 Å². The molecule has 11 nitrogen and oxygen atoms in total. The van der Waals surface area contributed by atoms with Crippen LogP contribution in [0.4, 0.5) is 23.0 Å². The highest BCUT2D eigenvalue weighted by Crippen LogP contribution is 2.32. The highest BCUT2D eigenvalue weighted by atomic mass is 32.2. The number of amides is 1. The monoisotopic (exact) mass is 472 g/mol. The van der Waals surface area contributed by atoms with E-state index in [0.717, 1.165) is 43.9 Å². The number of aromatic amines is 1. The van der Waals surface area contributed by atoms with Crippen molar-refractivity contribution >= 4 is 40.7 Å². The number of nitrogens with one attached hydrogen (secondary N) is 1. The van der Waals surface area contributed by atoms with Gasteiger partial charge < -0.3 is 22.1 Å². The number of nitrogens with two attached hydrogens (primary N) is 3. The number of aromatic nitrogens is 3. The standard InChI is InChI=1S/C21H28N8O3S/c1-2-3-8-28-18(25)17(19(31)27-21(28)32)29(12-6-4-5-7-12)16(30)11-33-20-13(10-22)14(23)9-15(24)26-20/h9,12H,2-8,11,25H2,1H3,(H4,23,24,26)(H,27,31,32). The molecule has 0 spiro atoms. The summed E-state index contributed by atoms with van der Waals surface area (Å²) in [5.41, 5.74) is 16.9. The molecule has 33 heavy (non-hydrogen) atoms. The van der Waals surface area contributed by atoms with Crippen LogP contribution in [0, 0.1) is 11.3 Å². The zero-order chi connectivity index (χ0) is 24.1. The Labute approximate surface area is 195 Å². The van der Waals surface area contributed by atoms with Gasteiger partial charge in [0.15, 0.2) is 5.69 Å². The summed E-state index contributed by atoms with van der Waals surface area (Å²) in [6.07, 6.45) is 4.80. The third-order valence-electron chi connectivity index (χ3n) is 5.63. The maximum absolute atomic E-state index is 13.4. The Kier molecular flexibility index (Phi) is 7.65. The van der Waals surface area contributed by atoms with Crippen molar-refractivity contribution in [1.82, 2.24) is 14.5 Å². The lowest BCUT2D eigenvalue weighted by atomic mass is 10.2. The summed E-state index contributed by atoms with van der Waals surface area (Å²) >= 11 is 1.02. The molecule has 0 atom stereocenters. The second-order valence-electron chi connectivity index (χ2n) is 7.92. The molecule has 0 saturated heterocycles. The summed E-state index contributed by atoms with van der Waals surface area (Å²) < 4.78 is 1.30. The molecule has 2 aromatic heterocycles. The number of rotatable bonds is 8. The molecule has 1 aliphatic carbocycles. The third kappa shape index (κ3) is 5.14. The van der Waals surface area contributed by atoms with Crippen molar-refractivity contribution < 1.29 is 4.79 Å². The van der Waals surface area contributed by atoms with Gasteiger partial charge in [-0.05, 0) is 19.3 Å². The first-order chi connectivity index (χ1) is 15.8. The summed E-state index contributed by atoms with van der Waals surface area (Å²) in [4.78, 5) is 46.4. The Bertz CT molecular complexity index is 1190. The van der Waals surface area contributed by atoms with E-state index in [0.29, 0.717) is 13.0 Å². The summed E-state index contributed by atoms with van der Waals surface area (Å²) in [6.45, 7) is 2.32. The molecule has 0 radical (unpaired) electrons. The van der Waals surface area contributed by atoms with Crippen molar-refractivity contribution in [1.29, 1.82) is 5.26 Å². The van der Waals surface area contributed by atoms with E-state index < -0.39 is 11.2 Å². The number of thioether (sulfide) groups is 1. The molecule has 2 aromatic rings. The molecule has 2 heterocycles. The van der Waals surface area contributed by atoms with Gasteiger partial charge >= 0.3 is 5.69 Å². The molecule has 0 aromatic carbocycles. The average molecular weight is 473 g/mol. The largest absolute Gasteiger partial charge is 0.397 e. The maximum atomic E-state index is 13.4. The molecular formula is C21H28N8O3S. The normalized spacial score (nSPS) is 13.7. The number of H-pyrrole nitrogens is 1. The fourth-order valence-electron chi connectivity index (χ4n) is 4.00. The molecule has 3 rings (SSSR count). The minimum absolute atomic E-state index is 0.0104. The minimum atomic E-state index is -0.695. The van der Waals surface area contributed by atoms with Gasteiger partial charge in [-0.2, -0.15) is 5.26 Å². The Balaban J connectivity index is 1.98. The molecule has 1 fully saturated rings. The van der Waals surface area contributed by atoms with Crippen molar-refractivity contribution in [3.63, 3.8) is 0 Å². The number of nitrogen functional groups attached to an aromatic ring is 3. The van der Waals surface area contributed by atoms with Crippen molar-refractivity contribution in [3.05, 3.63) is 32.5 Å². The van der Waals surface area contributed by atoms with E-state index in [4.69, 9.17) is 17.2 Å². The van der Waals surface area contributed by atoms with Gasteiger partial charge in [0.1, 0.15) is 28.3 Å². The van der Waals surface area contributed by atoms with E-state index in [2.05, 4.69) is 9.97 Å². The molecule has 0 unspecified atom stereocenters. The second kappa shape index (κ2) is 10.4. The van der Waals surface area contributed by atoms with Gasteiger partial charge in [0, 0.05) is 18.7 Å². The maximum Gasteiger partial charge on any atom is 0.330 e. The number of carbonyl (C=O) groups is 1. The molecule has 1 amide bonds. The van der Waals surface area contributed by atoms with Gasteiger partial charge in [-0.15, -0.1) is 0 Å². The van der Waals surface area contributed by atoms with Crippen molar-refractivity contribution in [2.24, 2.45) is 0 Å². The number of nitrogens with zero attached hydrogens (tertiary/aromatic N) is 4. The molecule has 0 aliphatic heterocycles. The van der Waals surface area contributed by atoms with Crippen LogP contribution in [-0.4, -0.2) is 32.2 Å². The van der Waals surface area contributed by atoms with Crippen LogP contribution in [-0.2, 0) is 11.3 Å². The Hall–Kier alpha value is -3.46. The van der Waals surface area contributed by atoms with Gasteiger partial charge in [0.05, 0.1) is 11.4 Å². The van der Waals surface area contributed by atoms with Gasteiger partial charge in [-0.25, -0.2) is 9.78 Å². The number of pyridine rings is 1. The number of carbonyl (C=O) groups excluding carboxylic acids is 1. The summed E-state index contributed by atoms with van der Waals surface area (Å²) in [5, 5.41) is 9.64. The molecule has 176 valence electrons. The number of hydrogen-bond donors (Lipinski definition) is 4. The average Bonchev–Trinajstić information content (AvgIpc) is 3.28. The van der Waals surface area contributed by atoms with Crippen molar-refractivity contribution in [2.45, 2.75) is 63.1 Å². The molecular weight excluding hydrogens is 444 g/mol. The lowest BCUT2D eigenvalue weighted by molar-refractivity contribution is -0.116. The molecule has 12 heteroatoms. The SMILES string of the molecule is CCCCn1c(N)c(N(C(=O)CSc2nc(N)cc(N)c2C#N)C2CCCC2)c(=O)[nH]c1=O. The van der Waals surface area contributed by atoms with E-state index in [9.17, 15) is 19.6 Å². The predicted molar refractivity (Wildman–Crippen MR) is 129 cm³/mol. The molecule has 7 N–H and O–H groups in total. The van der Waals surface area contributed by atoms with Crippen LogP contribution in [0.15, 0.2) is 20.7 Å². The number of nitriles is 1. The summed E-state index contributed by atoms with van der Waals surface area (Å²) in [7, 11) is 0. The molecule has 1 saturated carbocycles. The Morgan fingerprint density at radius 2 is 2.03 bits per heavy atom. The third-order valence-corrected chi connectivity index (χ3v) is 6.59. The Morgan fingerprint density at radius 1 is 1.33 bits per heavy atom. The smallest absolute Gasteiger partial charge is 0.330 e. The first-order valence-corrected chi connectivity index (χ1v) is 11.8. The highest BCUT2D eigenvalue weighted by molar-refractivity contribution is 8.00. The quantitative estimate of drug-likeness (QED) is 0.411. The van der Waals surface area contributed by atoms with Crippen LogP contribution in [0.5, 0.6) is 0 Å². The fourth-order valence-corrected chi connectivity index (χ4v) is 4.88. The Morgan fingerprint density at radius 3 is 2.67 bits per heavy atom. The van der Waals surface area contributed by atoms with Gasteiger partial charge in [-0.3, -0.25) is 19.1 Å². The van der Waals surface area contributed by atoms with Crippen LogP contribution in [0.25, 0.3) is 0 Å². The van der Waals surface area contributed by atoms with Crippen LogP contribution < -0.4 is 33.3 Å². The molecule has 0 bridgehead atoms.